The van der Waals surface area contributed by atoms with Crippen molar-refractivity contribution in [2.45, 2.75) is 40.2 Å². The van der Waals surface area contributed by atoms with Crippen molar-refractivity contribution < 1.29 is 9.84 Å². The van der Waals surface area contributed by atoms with Gasteiger partial charge in [0.2, 0.25) is 11.9 Å². The highest BCUT2D eigenvalue weighted by Gasteiger charge is 2.15. The van der Waals surface area contributed by atoms with Gasteiger partial charge in [0, 0.05) is 6.54 Å². The first-order valence-electron chi connectivity index (χ1n) is 7.10. The summed E-state index contributed by atoms with van der Waals surface area (Å²) in [5.74, 6) is 1.14. The lowest BCUT2D eigenvalue weighted by atomic mass is 10.1. The Morgan fingerprint density at radius 2 is 1.85 bits per heavy atom. The first-order valence-corrected chi connectivity index (χ1v) is 7.10. The summed E-state index contributed by atoms with van der Waals surface area (Å²) in [6, 6.07) is 0.187. The van der Waals surface area contributed by atoms with Crippen LogP contribution in [-0.2, 0) is 0 Å². The van der Waals surface area contributed by atoms with Crippen LogP contribution in [0.25, 0.3) is 0 Å². The Morgan fingerprint density at radius 1 is 1.15 bits per heavy atom. The molecule has 1 atom stereocenters. The number of ether oxygens (including phenoxy) is 1. The van der Waals surface area contributed by atoms with Gasteiger partial charge in [-0.25, -0.2) is 0 Å². The van der Waals surface area contributed by atoms with E-state index >= 15 is 0 Å². The molecule has 0 bridgehead atoms. The Labute approximate surface area is 120 Å². The summed E-state index contributed by atoms with van der Waals surface area (Å²) in [4.78, 5) is 12.7. The van der Waals surface area contributed by atoms with Crippen molar-refractivity contribution in [1.82, 2.24) is 15.0 Å². The fraction of sp³-hybridized carbons (Fsp3) is 0.769. The first kappa shape index (κ1) is 16.4. The van der Waals surface area contributed by atoms with Crippen LogP contribution in [0.15, 0.2) is 0 Å². The number of nitrogens with zero attached hydrogens (tertiary/aromatic N) is 3. The van der Waals surface area contributed by atoms with Gasteiger partial charge in [-0.1, -0.05) is 20.8 Å². The van der Waals surface area contributed by atoms with E-state index in [-0.39, 0.29) is 18.6 Å². The molecule has 0 aromatic carbocycles. The van der Waals surface area contributed by atoms with Crippen molar-refractivity contribution in [3.05, 3.63) is 0 Å². The molecule has 1 heterocycles. The quantitative estimate of drug-likeness (QED) is 0.632. The van der Waals surface area contributed by atoms with E-state index in [1.54, 1.807) is 0 Å². The minimum absolute atomic E-state index is 0.0189. The van der Waals surface area contributed by atoms with Crippen molar-refractivity contribution in [3.8, 4) is 6.01 Å². The predicted octanol–water partition coefficient (Wildman–Crippen LogP) is 1.52. The largest absolute Gasteiger partial charge is 0.463 e. The second-order valence-corrected chi connectivity index (χ2v) is 4.82. The van der Waals surface area contributed by atoms with E-state index < -0.39 is 0 Å². The molecule has 0 fully saturated rings. The van der Waals surface area contributed by atoms with E-state index in [9.17, 15) is 5.11 Å². The van der Waals surface area contributed by atoms with Crippen molar-refractivity contribution in [3.63, 3.8) is 0 Å². The maximum Gasteiger partial charge on any atom is 0.323 e. The first-order chi connectivity index (χ1) is 9.60. The van der Waals surface area contributed by atoms with Gasteiger partial charge in [0.25, 0.3) is 0 Å². The van der Waals surface area contributed by atoms with Crippen LogP contribution in [0.3, 0.4) is 0 Å². The normalized spacial score (nSPS) is 12.3. The maximum atomic E-state index is 9.36. The van der Waals surface area contributed by atoms with Crippen LogP contribution < -0.4 is 15.4 Å². The summed E-state index contributed by atoms with van der Waals surface area (Å²) in [6.07, 6.45) is 0.885. The molecule has 0 saturated heterocycles. The minimum atomic E-state index is -0.106. The van der Waals surface area contributed by atoms with Crippen molar-refractivity contribution in [2.75, 3.05) is 30.4 Å². The minimum Gasteiger partial charge on any atom is -0.463 e. The van der Waals surface area contributed by atoms with Gasteiger partial charge in [-0.3, -0.25) is 0 Å². The number of aliphatic hydroxyl groups excluding tert-OH is 1. The number of anilines is 2. The predicted molar refractivity (Wildman–Crippen MR) is 79.1 cm³/mol. The van der Waals surface area contributed by atoms with E-state index in [1.165, 1.54) is 0 Å². The molecule has 7 nitrogen and oxygen atoms in total. The second kappa shape index (κ2) is 8.52. The van der Waals surface area contributed by atoms with Crippen LogP contribution >= 0.6 is 0 Å². The molecule has 0 aliphatic carbocycles. The Hall–Kier alpha value is -1.63. The summed E-state index contributed by atoms with van der Waals surface area (Å²) < 4.78 is 5.45. The smallest absolute Gasteiger partial charge is 0.323 e. The fourth-order valence-electron chi connectivity index (χ4n) is 1.51. The van der Waals surface area contributed by atoms with Crippen molar-refractivity contribution in [2.24, 2.45) is 5.92 Å². The number of aromatic nitrogens is 3. The molecule has 114 valence electrons. The SMILES string of the molecule is CCCOc1nc(NCC)nc(NC(CO)C(C)C)n1. The lowest BCUT2D eigenvalue weighted by Crippen LogP contribution is -2.30. The standard InChI is InChI=1S/C13H25N5O2/c1-5-7-20-13-17-11(14-6-2)16-12(18-13)15-10(8-19)9(3)4/h9-10,19H,5-8H2,1-4H3,(H2,14,15,16,17,18). The average molecular weight is 283 g/mol. The Balaban J connectivity index is 2.89. The molecule has 0 saturated carbocycles. The number of rotatable bonds is 9. The number of hydrogen-bond donors (Lipinski definition) is 3. The van der Waals surface area contributed by atoms with Gasteiger partial charge >= 0.3 is 6.01 Å². The third kappa shape index (κ3) is 5.16. The molecule has 1 aromatic heterocycles. The van der Waals surface area contributed by atoms with Crippen LogP contribution in [0.2, 0.25) is 0 Å². The molecule has 20 heavy (non-hydrogen) atoms. The van der Waals surface area contributed by atoms with E-state index in [4.69, 9.17) is 4.74 Å². The molecular weight excluding hydrogens is 258 g/mol. The molecule has 1 rings (SSSR count). The lowest BCUT2D eigenvalue weighted by Gasteiger charge is -2.20. The van der Waals surface area contributed by atoms with Crippen LogP contribution in [0.4, 0.5) is 11.9 Å². The molecule has 0 spiro atoms. The number of aliphatic hydroxyl groups is 1. The van der Waals surface area contributed by atoms with Gasteiger partial charge in [0.05, 0.1) is 19.3 Å². The molecular formula is C13H25N5O2. The number of hydrogen-bond acceptors (Lipinski definition) is 7. The molecule has 0 aliphatic rings. The third-order valence-corrected chi connectivity index (χ3v) is 2.70. The van der Waals surface area contributed by atoms with Crippen LogP contribution in [0.1, 0.15) is 34.1 Å². The fourth-order valence-corrected chi connectivity index (χ4v) is 1.51. The molecule has 0 radical (unpaired) electrons. The zero-order valence-corrected chi connectivity index (χ0v) is 12.7. The van der Waals surface area contributed by atoms with Gasteiger partial charge < -0.3 is 20.5 Å². The number of nitrogens with one attached hydrogen (secondary N) is 2. The molecule has 3 N–H and O–H groups in total. The average Bonchev–Trinajstić information content (AvgIpc) is 2.42. The zero-order chi connectivity index (χ0) is 15.0. The van der Waals surface area contributed by atoms with Gasteiger partial charge in [-0.15, -0.1) is 0 Å². The molecule has 0 aliphatic heterocycles. The summed E-state index contributed by atoms with van der Waals surface area (Å²) in [5, 5.41) is 15.5. The summed E-state index contributed by atoms with van der Waals surface area (Å²) >= 11 is 0. The van der Waals surface area contributed by atoms with Gasteiger partial charge in [0.15, 0.2) is 0 Å². The van der Waals surface area contributed by atoms with Gasteiger partial charge in [0.1, 0.15) is 0 Å². The Kier molecular flexibility index (Phi) is 7.00. The van der Waals surface area contributed by atoms with E-state index in [1.807, 2.05) is 27.7 Å². The van der Waals surface area contributed by atoms with Gasteiger partial charge in [-0.2, -0.15) is 15.0 Å². The molecule has 1 unspecified atom stereocenters. The second-order valence-electron chi connectivity index (χ2n) is 4.82. The zero-order valence-electron chi connectivity index (χ0n) is 12.7. The topological polar surface area (TPSA) is 92.2 Å². The van der Waals surface area contributed by atoms with Crippen LogP contribution in [-0.4, -0.2) is 45.9 Å². The van der Waals surface area contributed by atoms with Crippen molar-refractivity contribution in [1.29, 1.82) is 0 Å². The highest BCUT2D eigenvalue weighted by Crippen LogP contribution is 2.14. The van der Waals surface area contributed by atoms with Gasteiger partial charge in [-0.05, 0) is 19.3 Å². The summed E-state index contributed by atoms with van der Waals surface area (Å²) in [7, 11) is 0. The Bertz CT molecular complexity index is 400. The van der Waals surface area contributed by atoms with E-state index in [0.717, 1.165) is 6.42 Å². The lowest BCUT2D eigenvalue weighted by molar-refractivity contribution is 0.248. The molecule has 7 heteroatoms. The van der Waals surface area contributed by atoms with Crippen molar-refractivity contribution >= 4 is 11.9 Å². The highest BCUT2D eigenvalue weighted by molar-refractivity contribution is 5.36. The third-order valence-electron chi connectivity index (χ3n) is 2.70. The molecule has 0 amide bonds. The summed E-state index contributed by atoms with van der Waals surface area (Å²) in [6.45, 7) is 9.32. The Morgan fingerprint density at radius 3 is 2.40 bits per heavy atom. The highest BCUT2D eigenvalue weighted by atomic mass is 16.5. The monoisotopic (exact) mass is 283 g/mol. The van der Waals surface area contributed by atoms with E-state index in [2.05, 4.69) is 25.6 Å². The van der Waals surface area contributed by atoms with Crippen LogP contribution in [0.5, 0.6) is 6.01 Å². The maximum absolute atomic E-state index is 9.36. The molecule has 1 aromatic rings. The van der Waals surface area contributed by atoms with E-state index in [0.29, 0.717) is 31.1 Å². The van der Waals surface area contributed by atoms with Crippen LogP contribution in [0, 0.1) is 5.92 Å². The summed E-state index contributed by atoms with van der Waals surface area (Å²) in [5.41, 5.74) is 0.